The first-order valence-corrected chi connectivity index (χ1v) is 10.5. The molecule has 6 heteroatoms. The number of urea groups is 1. The van der Waals surface area contributed by atoms with E-state index in [4.69, 9.17) is 4.42 Å². The van der Waals surface area contributed by atoms with Gasteiger partial charge < -0.3 is 20.0 Å². The van der Waals surface area contributed by atoms with E-state index in [1.54, 1.807) is 12.3 Å². The van der Waals surface area contributed by atoms with Crippen molar-refractivity contribution in [2.75, 3.05) is 31.5 Å². The number of aromatic nitrogens is 1. The zero-order valence-electron chi connectivity index (χ0n) is 16.7. The van der Waals surface area contributed by atoms with Gasteiger partial charge in [-0.3, -0.25) is 4.98 Å². The first-order valence-electron chi connectivity index (χ1n) is 10.5. The van der Waals surface area contributed by atoms with E-state index in [1.807, 2.05) is 36.4 Å². The summed E-state index contributed by atoms with van der Waals surface area (Å²) in [5.41, 5.74) is 2.07. The van der Waals surface area contributed by atoms with Gasteiger partial charge in [-0.1, -0.05) is 24.6 Å². The molecule has 0 saturated carbocycles. The molecule has 3 heterocycles. The molecule has 0 radical (unpaired) electrons. The van der Waals surface area contributed by atoms with Gasteiger partial charge in [0.25, 0.3) is 0 Å². The van der Waals surface area contributed by atoms with Crippen LogP contribution in [0.15, 0.2) is 53.1 Å². The molecular weight excluding hydrogens is 364 g/mol. The Kier molecular flexibility index (Phi) is 6.42. The standard InChI is InChI=1S/C23H28N4O2/c28-23(25-12-4-7-16-27-14-5-1-6-15-27)26-19-10-8-13-24-22(19)21-17-18-9-2-3-11-20(18)29-21/h2-3,8-11,13,17H,1,4-7,12,14-16H2,(H2,25,26,28). The third-order valence-electron chi connectivity index (χ3n) is 5.35. The largest absolute Gasteiger partial charge is 0.454 e. The van der Waals surface area contributed by atoms with Crippen LogP contribution in [0.4, 0.5) is 10.5 Å². The van der Waals surface area contributed by atoms with E-state index < -0.39 is 0 Å². The van der Waals surface area contributed by atoms with Crippen molar-refractivity contribution < 1.29 is 9.21 Å². The summed E-state index contributed by atoms with van der Waals surface area (Å²) < 4.78 is 5.91. The number of benzene rings is 1. The molecule has 29 heavy (non-hydrogen) atoms. The summed E-state index contributed by atoms with van der Waals surface area (Å²) in [7, 11) is 0. The normalized spacial score (nSPS) is 14.8. The number of piperidine rings is 1. The van der Waals surface area contributed by atoms with Gasteiger partial charge in [-0.15, -0.1) is 0 Å². The number of fused-ring (bicyclic) bond motifs is 1. The Balaban J connectivity index is 1.29. The molecule has 0 unspecified atom stereocenters. The van der Waals surface area contributed by atoms with E-state index in [9.17, 15) is 4.79 Å². The second kappa shape index (κ2) is 9.56. The number of hydrogen-bond acceptors (Lipinski definition) is 4. The molecule has 0 aliphatic carbocycles. The molecule has 1 aromatic carbocycles. The number of rotatable bonds is 7. The molecule has 0 bridgehead atoms. The second-order valence-corrected chi connectivity index (χ2v) is 7.54. The highest BCUT2D eigenvalue weighted by molar-refractivity contribution is 5.94. The van der Waals surface area contributed by atoms with Gasteiger partial charge in [-0.05, 0) is 69.6 Å². The molecule has 1 saturated heterocycles. The van der Waals surface area contributed by atoms with Crippen molar-refractivity contribution in [2.45, 2.75) is 32.1 Å². The summed E-state index contributed by atoms with van der Waals surface area (Å²) >= 11 is 0. The number of unbranched alkanes of at least 4 members (excludes halogenated alkanes) is 1. The van der Waals surface area contributed by atoms with E-state index in [2.05, 4.69) is 20.5 Å². The predicted molar refractivity (Wildman–Crippen MR) is 116 cm³/mol. The van der Waals surface area contributed by atoms with E-state index in [0.29, 0.717) is 23.7 Å². The zero-order chi connectivity index (χ0) is 19.9. The summed E-state index contributed by atoms with van der Waals surface area (Å²) in [5.74, 6) is 0.642. The number of furan rings is 1. The molecule has 2 N–H and O–H groups in total. The third kappa shape index (κ3) is 5.15. The maximum atomic E-state index is 12.3. The predicted octanol–water partition coefficient (Wildman–Crippen LogP) is 4.88. The van der Waals surface area contributed by atoms with E-state index >= 15 is 0 Å². The van der Waals surface area contributed by atoms with Crippen LogP contribution in [0.5, 0.6) is 0 Å². The molecular formula is C23H28N4O2. The van der Waals surface area contributed by atoms with Crippen LogP contribution in [0, 0.1) is 0 Å². The fraction of sp³-hybridized carbons (Fsp3) is 0.391. The van der Waals surface area contributed by atoms with Crippen molar-refractivity contribution in [3.05, 3.63) is 48.7 Å². The van der Waals surface area contributed by atoms with Crippen molar-refractivity contribution in [2.24, 2.45) is 0 Å². The SMILES string of the molecule is O=C(NCCCCN1CCCCC1)Nc1cccnc1-c1cc2ccccc2o1. The molecule has 0 spiro atoms. The van der Waals surface area contributed by atoms with Gasteiger partial charge in [0.2, 0.25) is 0 Å². The Morgan fingerprint density at radius 2 is 1.93 bits per heavy atom. The highest BCUT2D eigenvalue weighted by Crippen LogP contribution is 2.30. The van der Waals surface area contributed by atoms with Crippen LogP contribution in [0.2, 0.25) is 0 Å². The molecule has 2 aromatic heterocycles. The second-order valence-electron chi connectivity index (χ2n) is 7.54. The lowest BCUT2D eigenvalue weighted by Gasteiger charge is -2.26. The van der Waals surface area contributed by atoms with Gasteiger partial charge in [-0.2, -0.15) is 0 Å². The number of nitrogens with one attached hydrogen (secondary N) is 2. The number of anilines is 1. The fourth-order valence-electron chi connectivity index (χ4n) is 3.81. The summed E-state index contributed by atoms with van der Waals surface area (Å²) in [6.07, 6.45) is 7.79. The number of pyridine rings is 1. The first-order chi connectivity index (χ1) is 14.3. The highest BCUT2D eigenvalue weighted by atomic mass is 16.3. The molecule has 1 aliphatic heterocycles. The summed E-state index contributed by atoms with van der Waals surface area (Å²) in [5, 5.41) is 6.87. The molecule has 1 aliphatic rings. The quantitative estimate of drug-likeness (QED) is 0.562. The van der Waals surface area contributed by atoms with Crippen LogP contribution in [-0.4, -0.2) is 42.1 Å². The summed E-state index contributed by atoms with van der Waals surface area (Å²) in [4.78, 5) is 19.3. The molecule has 3 aromatic rings. The van der Waals surface area contributed by atoms with E-state index in [0.717, 1.165) is 30.4 Å². The average molecular weight is 393 g/mol. The Labute approximate surface area is 171 Å². The molecule has 4 rings (SSSR count). The highest BCUT2D eigenvalue weighted by Gasteiger charge is 2.14. The van der Waals surface area contributed by atoms with Crippen LogP contribution >= 0.6 is 0 Å². The summed E-state index contributed by atoms with van der Waals surface area (Å²) in [6, 6.07) is 13.2. The van der Waals surface area contributed by atoms with Crippen molar-refractivity contribution in [1.82, 2.24) is 15.2 Å². The fourth-order valence-corrected chi connectivity index (χ4v) is 3.81. The van der Waals surface area contributed by atoms with Crippen LogP contribution in [0.25, 0.3) is 22.4 Å². The smallest absolute Gasteiger partial charge is 0.319 e. The first kappa shape index (κ1) is 19.5. The number of carbonyl (C=O) groups is 1. The monoisotopic (exact) mass is 392 g/mol. The number of likely N-dealkylation sites (tertiary alicyclic amines) is 1. The van der Waals surface area contributed by atoms with E-state index in [-0.39, 0.29) is 6.03 Å². The van der Waals surface area contributed by atoms with Crippen LogP contribution in [0.3, 0.4) is 0 Å². The van der Waals surface area contributed by atoms with Gasteiger partial charge in [-0.25, -0.2) is 4.79 Å². The van der Waals surface area contributed by atoms with Gasteiger partial charge >= 0.3 is 6.03 Å². The van der Waals surface area contributed by atoms with Crippen LogP contribution in [-0.2, 0) is 0 Å². The maximum Gasteiger partial charge on any atom is 0.319 e. The molecule has 1 fully saturated rings. The molecule has 0 atom stereocenters. The minimum Gasteiger partial charge on any atom is -0.454 e. The van der Waals surface area contributed by atoms with E-state index in [1.165, 1.54) is 32.4 Å². The lowest BCUT2D eigenvalue weighted by molar-refractivity contribution is 0.224. The van der Waals surface area contributed by atoms with Gasteiger partial charge in [0.15, 0.2) is 5.76 Å². The van der Waals surface area contributed by atoms with Gasteiger partial charge in [0, 0.05) is 18.1 Å². The molecule has 2 amide bonds. The number of para-hydroxylation sites is 1. The van der Waals surface area contributed by atoms with Gasteiger partial charge in [0.05, 0.1) is 5.69 Å². The molecule has 152 valence electrons. The van der Waals surface area contributed by atoms with Crippen molar-refractivity contribution >= 4 is 22.7 Å². The van der Waals surface area contributed by atoms with Crippen LogP contribution < -0.4 is 10.6 Å². The minimum absolute atomic E-state index is 0.215. The Bertz CT molecular complexity index is 914. The van der Waals surface area contributed by atoms with Crippen LogP contribution in [0.1, 0.15) is 32.1 Å². The lowest BCUT2D eigenvalue weighted by Crippen LogP contribution is -2.32. The molecule has 6 nitrogen and oxygen atoms in total. The minimum atomic E-state index is -0.215. The van der Waals surface area contributed by atoms with Gasteiger partial charge in [0.1, 0.15) is 11.3 Å². The number of carbonyl (C=O) groups excluding carboxylic acids is 1. The Morgan fingerprint density at radius 1 is 1.07 bits per heavy atom. The Hall–Kier alpha value is -2.86. The Morgan fingerprint density at radius 3 is 2.79 bits per heavy atom. The zero-order valence-corrected chi connectivity index (χ0v) is 16.7. The number of amides is 2. The maximum absolute atomic E-state index is 12.3. The third-order valence-corrected chi connectivity index (χ3v) is 5.35. The topological polar surface area (TPSA) is 70.4 Å². The number of hydrogen-bond donors (Lipinski definition) is 2. The van der Waals surface area contributed by atoms with Crippen molar-refractivity contribution in [3.63, 3.8) is 0 Å². The number of nitrogens with zero attached hydrogens (tertiary/aromatic N) is 2. The van der Waals surface area contributed by atoms with Crippen molar-refractivity contribution in [3.8, 4) is 11.5 Å². The summed E-state index contributed by atoms with van der Waals surface area (Å²) in [6.45, 7) is 4.24. The van der Waals surface area contributed by atoms with Crippen molar-refractivity contribution in [1.29, 1.82) is 0 Å². The lowest BCUT2D eigenvalue weighted by atomic mass is 10.1. The average Bonchev–Trinajstić information content (AvgIpc) is 3.19.